The van der Waals surface area contributed by atoms with E-state index >= 15 is 0 Å². The van der Waals surface area contributed by atoms with Gasteiger partial charge in [0, 0.05) is 16.1 Å². The van der Waals surface area contributed by atoms with Crippen molar-refractivity contribution in [3.63, 3.8) is 0 Å². The van der Waals surface area contributed by atoms with E-state index in [4.69, 9.17) is 5.73 Å². The third kappa shape index (κ3) is 2.16. The lowest BCUT2D eigenvalue weighted by Gasteiger charge is -2.26. The third-order valence-corrected chi connectivity index (χ3v) is 3.64. The Balaban J connectivity index is 2.27. The highest BCUT2D eigenvalue weighted by molar-refractivity contribution is 9.11. The van der Waals surface area contributed by atoms with Crippen LogP contribution in [0.4, 0.5) is 0 Å². The molecule has 1 heterocycles. The van der Waals surface area contributed by atoms with E-state index in [9.17, 15) is 4.79 Å². The number of halogens is 1. The van der Waals surface area contributed by atoms with Crippen molar-refractivity contribution in [2.45, 2.75) is 25.8 Å². The number of carbonyl (C=O) groups excluding carboxylic acids is 1. The van der Waals surface area contributed by atoms with Crippen molar-refractivity contribution in [1.29, 1.82) is 0 Å². The van der Waals surface area contributed by atoms with Crippen molar-refractivity contribution in [3.8, 4) is 0 Å². The molecule has 2 unspecified atom stereocenters. The Morgan fingerprint density at radius 2 is 2.27 bits per heavy atom. The molecule has 0 aromatic rings. The fourth-order valence-corrected chi connectivity index (χ4v) is 2.89. The smallest absolute Gasteiger partial charge is 0.241 e. The van der Waals surface area contributed by atoms with Gasteiger partial charge in [-0.1, -0.05) is 28.9 Å². The molecule has 0 aromatic carbocycles. The molecule has 2 aliphatic rings. The highest BCUT2D eigenvalue weighted by Crippen LogP contribution is 2.34. The number of hydrogen-bond acceptors (Lipinski definition) is 2. The highest BCUT2D eigenvalue weighted by Gasteiger charge is 2.30. The van der Waals surface area contributed by atoms with Crippen molar-refractivity contribution in [2.24, 2.45) is 17.6 Å². The summed E-state index contributed by atoms with van der Waals surface area (Å²) in [6.07, 6.45) is 5.91. The van der Waals surface area contributed by atoms with Crippen LogP contribution >= 0.6 is 15.9 Å². The monoisotopic (exact) mass is 270 g/mol. The molecule has 0 saturated carbocycles. The van der Waals surface area contributed by atoms with Crippen molar-refractivity contribution < 1.29 is 4.79 Å². The summed E-state index contributed by atoms with van der Waals surface area (Å²) in [5.74, 6) is 0.798. The molecule has 1 saturated heterocycles. The van der Waals surface area contributed by atoms with Crippen molar-refractivity contribution in [2.75, 3.05) is 0 Å². The second kappa shape index (κ2) is 4.10. The first kappa shape index (κ1) is 10.9. The molecular weight excluding hydrogens is 256 g/mol. The van der Waals surface area contributed by atoms with E-state index in [0.29, 0.717) is 11.8 Å². The van der Waals surface area contributed by atoms with E-state index in [1.54, 1.807) is 0 Å². The largest absolute Gasteiger partial charge is 0.328 e. The normalized spacial score (nSPS) is 35.9. The van der Waals surface area contributed by atoms with Crippen LogP contribution in [-0.2, 0) is 4.79 Å². The van der Waals surface area contributed by atoms with Crippen LogP contribution < -0.4 is 11.1 Å². The minimum atomic E-state index is -0.359. The zero-order valence-electron chi connectivity index (χ0n) is 8.66. The summed E-state index contributed by atoms with van der Waals surface area (Å²) in [6.45, 7) is 2.17. The second-order valence-electron chi connectivity index (χ2n) is 4.29. The second-order valence-corrected chi connectivity index (χ2v) is 5.21. The fourth-order valence-electron chi connectivity index (χ4n) is 2.23. The van der Waals surface area contributed by atoms with Gasteiger partial charge in [-0.3, -0.25) is 4.79 Å². The molecule has 0 spiro atoms. The van der Waals surface area contributed by atoms with Crippen molar-refractivity contribution >= 4 is 21.8 Å². The summed E-state index contributed by atoms with van der Waals surface area (Å²) in [5.41, 5.74) is 6.75. The predicted octanol–water partition coefficient (Wildman–Crippen LogP) is 1.65. The van der Waals surface area contributed by atoms with Gasteiger partial charge in [-0.25, -0.2) is 0 Å². The number of nitrogens with two attached hydrogens (primary N) is 1. The molecule has 1 amide bonds. The van der Waals surface area contributed by atoms with Crippen LogP contribution in [0.15, 0.2) is 22.3 Å². The van der Waals surface area contributed by atoms with E-state index in [-0.39, 0.29) is 11.9 Å². The fraction of sp³-hybridized carbons (Fsp3) is 0.545. The Kier molecular flexibility index (Phi) is 2.98. The average molecular weight is 271 g/mol. The first-order valence-corrected chi connectivity index (χ1v) is 6.02. The number of carbonyl (C=O) groups is 1. The van der Waals surface area contributed by atoms with Crippen LogP contribution in [0.2, 0.25) is 0 Å². The number of hydrogen-bond donors (Lipinski definition) is 2. The standard InChI is InChI=1S/C11H15BrN2O/c1-6-4-7(12)5-10-8(6)2-3-9(13)11(15)14-10/h4-6,8-9H,2-3,13H2,1H3,(H,14,15)/t6?,8?,9-/m0/s1. The molecule has 0 radical (unpaired) electrons. The van der Waals surface area contributed by atoms with Gasteiger partial charge in [0.25, 0.3) is 0 Å². The van der Waals surface area contributed by atoms with E-state index in [0.717, 1.165) is 23.0 Å². The van der Waals surface area contributed by atoms with Crippen LogP contribution in [0.5, 0.6) is 0 Å². The molecule has 3 atom stereocenters. The van der Waals surface area contributed by atoms with Gasteiger partial charge in [0.2, 0.25) is 5.91 Å². The maximum atomic E-state index is 11.6. The number of allylic oxidation sites excluding steroid dienone is 4. The summed E-state index contributed by atoms with van der Waals surface area (Å²) in [6, 6.07) is -0.359. The molecule has 0 bridgehead atoms. The van der Waals surface area contributed by atoms with E-state index in [2.05, 4.69) is 34.2 Å². The number of amides is 1. The summed E-state index contributed by atoms with van der Waals surface area (Å²) < 4.78 is 1.04. The first-order valence-electron chi connectivity index (χ1n) is 5.23. The lowest BCUT2D eigenvalue weighted by molar-refractivity contribution is -0.121. The molecule has 15 heavy (non-hydrogen) atoms. The highest BCUT2D eigenvalue weighted by atomic mass is 79.9. The van der Waals surface area contributed by atoms with Gasteiger partial charge >= 0.3 is 0 Å². The van der Waals surface area contributed by atoms with Gasteiger partial charge in [-0.2, -0.15) is 0 Å². The third-order valence-electron chi connectivity index (χ3n) is 3.14. The molecule has 0 aromatic heterocycles. The lowest BCUT2D eigenvalue weighted by atomic mass is 9.84. The van der Waals surface area contributed by atoms with Gasteiger partial charge in [-0.05, 0) is 24.8 Å². The predicted molar refractivity (Wildman–Crippen MR) is 63.1 cm³/mol. The van der Waals surface area contributed by atoms with Gasteiger partial charge < -0.3 is 11.1 Å². The van der Waals surface area contributed by atoms with Gasteiger partial charge in [-0.15, -0.1) is 0 Å². The molecule has 3 nitrogen and oxygen atoms in total. The molecular formula is C11H15BrN2O. The lowest BCUT2D eigenvalue weighted by Crippen LogP contribution is -2.38. The Morgan fingerprint density at radius 1 is 1.53 bits per heavy atom. The van der Waals surface area contributed by atoms with E-state index in [1.165, 1.54) is 0 Å². The molecule has 1 aliphatic heterocycles. The maximum Gasteiger partial charge on any atom is 0.241 e. The SMILES string of the molecule is CC1C=C(Br)C=C2NC(=O)[C@@H](N)CCC21. The number of nitrogens with one attached hydrogen (secondary N) is 1. The Labute approximate surface area is 97.9 Å². The van der Waals surface area contributed by atoms with Crippen LogP contribution in [-0.4, -0.2) is 11.9 Å². The van der Waals surface area contributed by atoms with Crippen LogP contribution in [0.3, 0.4) is 0 Å². The Bertz CT molecular complexity index is 348. The van der Waals surface area contributed by atoms with Gasteiger partial charge in [0.05, 0.1) is 6.04 Å². The zero-order valence-corrected chi connectivity index (χ0v) is 10.3. The summed E-state index contributed by atoms with van der Waals surface area (Å²) in [7, 11) is 0. The molecule has 1 fully saturated rings. The Morgan fingerprint density at radius 3 is 3.00 bits per heavy atom. The van der Waals surface area contributed by atoms with Crippen LogP contribution in [0.1, 0.15) is 19.8 Å². The quantitative estimate of drug-likeness (QED) is 0.704. The number of fused-ring (bicyclic) bond motifs is 1. The molecule has 1 aliphatic carbocycles. The Hall–Kier alpha value is -0.610. The van der Waals surface area contributed by atoms with Crippen LogP contribution in [0.25, 0.3) is 0 Å². The summed E-state index contributed by atoms with van der Waals surface area (Å²) >= 11 is 3.45. The first-order chi connectivity index (χ1) is 7.08. The minimum absolute atomic E-state index is 0.0573. The van der Waals surface area contributed by atoms with Gasteiger partial charge in [0.15, 0.2) is 0 Å². The number of rotatable bonds is 0. The topological polar surface area (TPSA) is 55.1 Å². The molecule has 82 valence electrons. The van der Waals surface area contributed by atoms with E-state index < -0.39 is 0 Å². The summed E-state index contributed by atoms with van der Waals surface area (Å²) in [4.78, 5) is 11.6. The van der Waals surface area contributed by atoms with Crippen LogP contribution in [0, 0.1) is 11.8 Å². The maximum absolute atomic E-state index is 11.6. The van der Waals surface area contributed by atoms with E-state index in [1.807, 2.05) is 6.08 Å². The molecule has 2 rings (SSSR count). The summed E-state index contributed by atoms with van der Waals surface area (Å²) in [5, 5.41) is 2.92. The zero-order chi connectivity index (χ0) is 11.0. The molecule has 4 heteroatoms. The van der Waals surface area contributed by atoms with Crippen molar-refractivity contribution in [3.05, 3.63) is 22.3 Å². The van der Waals surface area contributed by atoms with Crippen molar-refractivity contribution in [1.82, 2.24) is 5.32 Å². The molecule has 3 N–H and O–H groups in total. The average Bonchev–Trinajstić information content (AvgIpc) is 2.27. The van der Waals surface area contributed by atoms with Gasteiger partial charge in [0.1, 0.15) is 0 Å². The minimum Gasteiger partial charge on any atom is -0.328 e.